The summed E-state index contributed by atoms with van der Waals surface area (Å²) >= 11 is 0. The van der Waals surface area contributed by atoms with Crippen molar-refractivity contribution in [3.05, 3.63) is 0 Å². The van der Waals surface area contributed by atoms with Crippen molar-refractivity contribution in [2.75, 3.05) is 17.8 Å². The summed E-state index contributed by atoms with van der Waals surface area (Å²) in [6.07, 6.45) is 16.8. The van der Waals surface area contributed by atoms with Crippen LogP contribution in [-0.2, 0) is 20.0 Å². The Labute approximate surface area is 162 Å². The second-order valence-electron chi connectivity index (χ2n) is 7.20. The Kier molecular flexibility index (Phi) is 15.0. The molecule has 0 aliphatic rings. The molecular formula is C17H39O6P2S+. The normalized spacial score (nSPS) is 14.1. The third-order valence-electron chi connectivity index (χ3n) is 4.56. The molecule has 0 rings (SSSR count). The van der Waals surface area contributed by atoms with Gasteiger partial charge in [-0.2, -0.15) is 0 Å². The van der Waals surface area contributed by atoms with E-state index in [1.807, 2.05) is 6.26 Å². The standard InChI is InChI=1S/C17H38O6P2S/c1-3-4-5-6-7-8-9-10-11-12-13-14-15-26(2)16-17(24(18,19)20)25(21,22)23/h17H,3-16H2,1-2H3,(H3-,18,19,20,21,22,23)/p+1. The van der Waals surface area contributed by atoms with E-state index >= 15 is 0 Å². The van der Waals surface area contributed by atoms with Gasteiger partial charge in [-0.25, -0.2) is 0 Å². The third kappa shape index (κ3) is 14.7. The van der Waals surface area contributed by atoms with Crippen molar-refractivity contribution in [3.8, 4) is 0 Å². The van der Waals surface area contributed by atoms with Gasteiger partial charge in [-0.1, -0.05) is 71.1 Å². The molecule has 0 aromatic carbocycles. The summed E-state index contributed by atoms with van der Waals surface area (Å²) in [4.78, 5) is 36.6. The van der Waals surface area contributed by atoms with Crippen LogP contribution in [-0.4, -0.2) is 42.7 Å². The molecule has 0 spiro atoms. The van der Waals surface area contributed by atoms with Gasteiger partial charge in [0.25, 0.3) is 0 Å². The zero-order valence-electron chi connectivity index (χ0n) is 16.4. The first-order chi connectivity index (χ1) is 12.1. The highest BCUT2D eigenvalue weighted by molar-refractivity contribution is 7.97. The van der Waals surface area contributed by atoms with Crippen molar-refractivity contribution in [2.45, 2.75) is 89.4 Å². The average molecular weight is 434 g/mol. The van der Waals surface area contributed by atoms with E-state index in [9.17, 15) is 9.13 Å². The van der Waals surface area contributed by atoms with E-state index in [2.05, 4.69) is 6.92 Å². The van der Waals surface area contributed by atoms with Gasteiger partial charge in [0.2, 0.25) is 5.40 Å². The van der Waals surface area contributed by atoms with Crippen molar-refractivity contribution in [2.24, 2.45) is 0 Å². The maximum absolute atomic E-state index is 11.3. The molecule has 0 heterocycles. The first-order valence-electron chi connectivity index (χ1n) is 9.78. The second kappa shape index (κ2) is 14.6. The SMILES string of the molecule is CCCCCCCCCCCCCC[S+](C)CC(P(=O)(O)O)P(=O)(O)O. The molecule has 0 aromatic rings. The molecule has 0 aliphatic heterocycles. The lowest BCUT2D eigenvalue weighted by atomic mass is 10.1. The van der Waals surface area contributed by atoms with Crippen molar-refractivity contribution in [3.63, 3.8) is 0 Å². The van der Waals surface area contributed by atoms with Crippen LogP contribution in [0, 0.1) is 0 Å². The highest BCUT2D eigenvalue weighted by Gasteiger charge is 2.47. The molecule has 0 radical (unpaired) electrons. The summed E-state index contributed by atoms with van der Waals surface area (Å²) in [5, 5.41) is -1.85. The largest absolute Gasteiger partial charge is 0.345 e. The van der Waals surface area contributed by atoms with Gasteiger partial charge in [-0.05, 0) is 23.7 Å². The molecule has 0 saturated carbocycles. The van der Waals surface area contributed by atoms with E-state index in [-0.39, 0.29) is 5.75 Å². The monoisotopic (exact) mass is 433 g/mol. The fourth-order valence-electron chi connectivity index (χ4n) is 2.92. The van der Waals surface area contributed by atoms with Crippen LogP contribution in [0.2, 0.25) is 0 Å². The minimum absolute atomic E-state index is 0.105. The molecule has 158 valence electrons. The van der Waals surface area contributed by atoms with E-state index in [0.717, 1.165) is 25.0 Å². The van der Waals surface area contributed by atoms with Crippen molar-refractivity contribution in [1.82, 2.24) is 0 Å². The van der Waals surface area contributed by atoms with Crippen molar-refractivity contribution >= 4 is 26.1 Å². The molecule has 26 heavy (non-hydrogen) atoms. The van der Waals surface area contributed by atoms with E-state index in [0.29, 0.717) is 0 Å². The van der Waals surface area contributed by atoms with E-state index in [1.165, 1.54) is 57.8 Å². The Hall–Kier alpha value is 0.650. The predicted molar refractivity (Wildman–Crippen MR) is 112 cm³/mol. The number of unbranched alkanes of at least 4 members (excludes halogenated alkanes) is 11. The lowest BCUT2D eigenvalue weighted by molar-refractivity contribution is 0.342. The van der Waals surface area contributed by atoms with Gasteiger partial charge < -0.3 is 19.6 Å². The number of hydrogen-bond acceptors (Lipinski definition) is 2. The molecule has 0 saturated heterocycles. The molecule has 0 aromatic heterocycles. The first-order valence-corrected chi connectivity index (χ1v) is 15.1. The molecule has 4 N–H and O–H groups in total. The molecule has 9 heteroatoms. The Bertz CT molecular complexity index is 415. The van der Waals surface area contributed by atoms with Gasteiger partial charge in [-0.3, -0.25) is 9.13 Å². The molecule has 1 unspecified atom stereocenters. The quantitative estimate of drug-likeness (QED) is 0.151. The molecule has 0 bridgehead atoms. The lowest BCUT2D eigenvalue weighted by Crippen LogP contribution is -2.23. The van der Waals surface area contributed by atoms with Gasteiger partial charge in [0.15, 0.2) is 0 Å². The zero-order chi connectivity index (χ0) is 20.1. The van der Waals surface area contributed by atoms with E-state index < -0.39 is 31.5 Å². The van der Waals surface area contributed by atoms with Crippen LogP contribution in [0.25, 0.3) is 0 Å². The maximum atomic E-state index is 11.3. The summed E-state index contributed by atoms with van der Waals surface area (Å²) < 4.78 is 22.6. The first kappa shape index (κ1) is 26.6. The second-order valence-corrected chi connectivity index (χ2v) is 13.5. The van der Waals surface area contributed by atoms with Crippen LogP contribution < -0.4 is 0 Å². The van der Waals surface area contributed by atoms with Gasteiger partial charge in [0.1, 0.15) is 11.5 Å². The van der Waals surface area contributed by atoms with E-state index in [1.54, 1.807) is 0 Å². The van der Waals surface area contributed by atoms with Crippen LogP contribution in [0.1, 0.15) is 84.0 Å². The Morgan fingerprint density at radius 2 is 1.04 bits per heavy atom. The minimum atomic E-state index is -4.78. The molecule has 0 fully saturated rings. The molecule has 1 atom stereocenters. The van der Waals surface area contributed by atoms with Crippen LogP contribution in [0.15, 0.2) is 0 Å². The molecule has 6 nitrogen and oxygen atoms in total. The van der Waals surface area contributed by atoms with Crippen LogP contribution in [0.5, 0.6) is 0 Å². The Morgan fingerprint density at radius 1 is 0.692 bits per heavy atom. The zero-order valence-corrected chi connectivity index (χ0v) is 19.0. The summed E-state index contributed by atoms with van der Waals surface area (Å²) in [5.41, 5.74) is 0. The maximum Gasteiger partial charge on any atom is 0.345 e. The van der Waals surface area contributed by atoms with Crippen LogP contribution in [0.3, 0.4) is 0 Å². The Balaban J connectivity index is 3.69. The fourth-order valence-corrected chi connectivity index (χ4v) is 8.94. The summed E-state index contributed by atoms with van der Waals surface area (Å²) in [6, 6.07) is 0. The molecular weight excluding hydrogens is 394 g/mol. The van der Waals surface area contributed by atoms with Crippen molar-refractivity contribution < 1.29 is 28.7 Å². The van der Waals surface area contributed by atoms with Crippen LogP contribution >= 0.6 is 15.2 Å². The average Bonchev–Trinajstić information content (AvgIpc) is 2.51. The number of rotatable bonds is 17. The molecule has 0 aliphatic carbocycles. The highest BCUT2D eigenvalue weighted by Crippen LogP contribution is 2.60. The van der Waals surface area contributed by atoms with Crippen LogP contribution in [0.4, 0.5) is 0 Å². The van der Waals surface area contributed by atoms with Gasteiger partial charge in [0, 0.05) is 0 Å². The highest BCUT2D eigenvalue weighted by atomic mass is 32.2. The third-order valence-corrected chi connectivity index (χ3v) is 10.7. The topological polar surface area (TPSA) is 115 Å². The summed E-state index contributed by atoms with van der Waals surface area (Å²) in [7, 11) is -9.95. The predicted octanol–water partition coefficient (Wildman–Crippen LogP) is 4.62. The summed E-state index contributed by atoms with van der Waals surface area (Å²) in [6.45, 7) is 2.23. The molecule has 0 amide bonds. The number of hydrogen-bond donors (Lipinski definition) is 4. The van der Waals surface area contributed by atoms with Crippen molar-refractivity contribution in [1.29, 1.82) is 0 Å². The summed E-state index contributed by atoms with van der Waals surface area (Å²) in [5.74, 6) is 0.667. The van der Waals surface area contributed by atoms with Gasteiger partial charge >= 0.3 is 15.2 Å². The van der Waals surface area contributed by atoms with Gasteiger partial charge in [0.05, 0.1) is 6.26 Å². The lowest BCUT2D eigenvalue weighted by Gasteiger charge is -2.18. The van der Waals surface area contributed by atoms with E-state index in [4.69, 9.17) is 19.6 Å². The fraction of sp³-hybridized carbons (Fsp3) is 1.00. The smallest absolute Gasteiger partial charge is 0.324 e. The Morgan fingerprint density at radius 3 is 1.38 bits per heavy atom. The minimum Gasteiger partial charge on any atom is -0.324 e. The van der Waals surface area contributed by atoms with Gasteiger partial charge in [-0.15, -0.1) is 0 Å².